The average Bonchev–Trinajstić information content (AvgIpc) is 2.42. The molecule has 4 nitrogen and oxygen atoms in total. The Labute approximate surface area is 116 Å². The Morgan fingerprint density at radius 3 is 2.21 bits per heavy atom. The number of likely N-dealkylation sites (N-methyl/N-ethyl adjacent to an activating group) is 1. The van der Waals surface area contributed by atoms with E-state index in [1.807, 2.05) is 0 Å². The molecule has 108 valence electrons. The van der Waals surface area contributed by atoms with Gasteiger partial charge in [-0.05, 0) is 31.5 Å². The lowest BCUT2D eigenvalue weighted by molar-refractivity contribution is -0.124. The summed E-state index contributed by atoms with van der Waals surface area (Å²) >= 11 is 0. The highest BCUT2D eigenvalue weighted by Crippen LogP contribution is 2.33. The minimum atomic E-state index is -0.351. The number of nitrogens with one attached hydrogen (secondary N) is 1. The first-order valence-electron chi connectivity index (χ1n) is 6.53. The van der Waals surface area contributed by atoms with Gasteiger partial charge in [0, 0.05) is 19.8 Å². The molecule has 4 heteroatoms. The maximum atomic E-state index is 5.57. The van der Waals surface area contributed by atoms with Crippen LogP contribution in [0.15, 0.2) is 12.1 Å². The smallest absolute Gasteiger partial charge is 0.176 e. The van der Waals surface area contributed by atoms with Gasteiger partial charge in [0.2, 0.25) is 0 Å². The summed E-state index contributed by atoms with van der Waals surface area (Å²) in [5.41, 5.74) is 3.41. The lowest BCUT2D eigenvalue weighted by atomic mass is 9.98. The van der Waals surface area contributed by atoms with Gasteiger partial charge in [-0.3, -0.25) is 0 Å². The van der Waals surface area contributed by atoms with E-state index < -0.39 is 0 Å². The van der Waals surface area contributed by atoms with Crippen molar-refractivity contribution >= 4 is 0 Å². The minimum Gasteiger partial charge on any atom is -0.496 e. The molecule has 0 aromatic heterocycles. The Kier molecular flexibility index (Phi) is 6.28. The van der Waals surface area contributed by atoms with Gasteiger partial charge in [0.15, 0.2) is 6.29 Å². The van der Waals surface area contributed by atoms with E-state index in [-0.39, 0.29) is 12.3 Å². The number of hydrogen-bond donors (Lipinski definition) is 1. The van der Waals surface area contributed by atoms with Gasteiger partial charge in [-0.1, -0.05) is 19.1 Å². The van der Waals surface area contributed by atoms with Crippen LogP contribution >= 0.6 is 0 Å². The van der Waals surface area contributed by atoms with Crippen LogP contribution in [0.4, 0.5) is 0 Å². The molecular weight excluding hydrogens is 242 g/mol. The Bertz CT molecular complexity index is 403. The van der Waals surface area contributed by atoms with Crippen LogP contribution in [0.5, 0.6) is 5.75 Å². The molecule has 1 N–H and O–H groups in total. The maximum absolute atomic E-state index is 5.57. The Balaban J connectivity index is 3.25. The summed E-state index contributed by atoms with van der Waals surface area (Å²) in [6, 6.07) is 4.11. The van der Waals surface area contributed by atoms with Crippen molar-refractivity contribution in [2.24, 2.45) is 0 Å². The maximum Gasteiger partial charge on any atom is 0.176 e. The molecule has 0 aliphatic rings. The van der Waals surface area contributed by atoms with E-state index in [1.165, 1.54) is 5.56 Å². The molecule has 1 aromatic carbocycles. The molecule has 19 heavy (non-hydrogen) atoms. The molecule has 1 rings (SSSR count). The molecule has 0 heterocycles. The van der Waals surface area contributed by atoms with E-state index in [0.717, 1.165) is 23.4 Å². The minimum absolute atomic E-state index is 0.0609. The number of hydrogen-bond acceptors (Lipinski definition) is 4. The van der Waals surface area contributed by atoms with Crippen LogP contribution in [0.2, 0.25) is 0 Å². The van der Waals surface area contributed by atoms with E-state index in [4.69, 9.17) is 14.2 Å². The number of methoxy groups -OCH3 is 3. The van der Waals surface area contributed by atoms with E-state index in [1.54, 1.807) is 21.3 Å². The lowest BCUT2D eigenvalue weighted by Crippen LogP contribution is -2.34. The first-order valence-corrected chi connectivity index (χ1v) is 6.53. The fourth-order valence-corrected chi connectivity index (χ4v) is 2.27. The van der Waals surface area contributed by atoms with Crippen LogP contribution in [0, 0.1) is 13.8 Å². The highest BCUT2D eigenvalue weighted by Gasteiger charge is 2.26. The van der Waals surface area contributed by atoms with Crippen LogP contribution in [-0.2, 0) is 9.47 Å². The second-order valence-corrected chi connectivity index (χ2v) is 4.51. The summed E-state index contributed by atoms with van der Waals surface area (Å²) < 4.78 is 16.4. The van der Waals surface area contributed by atoms with Crippen molar-refractivity contribution in [3.05, 3.63) is 28.8 Å². The molecular formula is C15H25NO3. The Hall–Kier alpha value is -1.10. The summed E-state index contributed by atoms with van der Waals surface area (Å²) in [5, 5.41) is 3.39. The molecule has 0 saturated carbocycles. The Morgan fingerprint density at radius 1 is 1.11 bits per heavy atom. The van der Waals surface area contributed by atoms with Gasteiger partial charge in [-0.15, -0.1) is 0 Å². The molecule has 1 unspecified atom stereocenters. The predicted molar refractivity (Wildman–Crippen MR) is 76.7 cm³/mol. The van der Waals surface area contributed by atoms with Gasteiger partial charge < -0.3 is 19.5 Å². The van der Waals surface area contributed by atoms with Gasteiger partial charge in [-0.2, -0.15) is 0 Å². The zero-order chi connectivity index (χ0) is 14.4. The summed E-state index contributed by atoms with van der Waals surface area (Å²) in [7, 11) is 4.99. The van der Waals surface area contributed by atoms with Crippen molar-refractivity contribution in [2.75, 3.05) is 27.9 Å². The number of rotatable bonds is 7. The fraction of sp³-hybridized carbons (Fsp3) is 0.600. The third-order valence-corrected chi connectivity index (χ3v) is 3.41. The zero-order valence-corrected chi connectivity index (χ0v) is 12.7. The third kappa shape index (κ3) is 3.47. The van der Waals surface area contributed by atoms with E-state index >= 15 is 0 Å². The van der Waals surface area contributed by atoms with E-state index in [0.29, 0.717) is 0 Å². The predicted octanol–water partition coefficient (Wildman–Crippen LogP) is 2.58. The topological polar surface area (TPSA) is 39.7 Å². The van der Waals surface area contributed by atoms with Crippen LogP contribution in [-0.4, -0.2) is 34.2 Å². The highest BCUT2D eigenvalue weighted by molar-refractivity contribution is 5.47. The second-order valence-electron chi connectivity index (χ2n) is 4.51. The second kappa shape index (κ2) is 7.48. The van der Waals surface area contributed by atoms with Crippen molar-refractivity contribution in [3.63, 3.8) is 0 Å². The largest absolute Gasteiger partial charge is 0.496 e. The van der Waals surface area contributed by atoms with Gasteiger partial charge >= 0.3 is 0 Å². The van der Waals surface area contributed by atoms with Crippen molar-refractivity contribution in [3.8, 4) is 5.75 Å². The first kappa shape index (κ1) is 16.0. The van der Waals surface area contributed by atoms with Crippen LogP contribution in [0.25, 0.3) is 0 Å². The number of benzene rings is 1. The summed E-state index contributed by atoms with van der Waals surface area (Å²) in [6.07, 6.45) is -0.351. The molecule has 0 aliphatic carbocycles. The van der Waals surface area contributed by atoms with Gasteiger partial charge in [0.1, 0.15) is 5.75 Å². The lowest BCUT2D eigenvalue weighted by Gasteiger charge is -2.28. The summed E-state index contributed by atoms with van der Waals surface area (Å²) in [4.78, 5) is 0. The van der Waals surface area contributed by atoms with E-state index in [2.05, 4.69) is 38.2 Å². The van der Waals surface area contributed by atoms with Crippen molar-refractivity contribution < 1.29 is 14.2 Å². The average molecular weight is 267 g/mol. The van der Waals surface area contributed by atoms with E-state index in [9.17, 15) is 0 Å². The van der Waals surface area contributed by atoms with Crippen LogP contribution in [0.3, 0.4) is 0 Å². The first-order chi connectivity index (χ1) is 9.10. The molecule has 0 amide bonds. The third-order valence-electron chi connectivity index (χ3n) is 3.41. The normalized spacial score (nSPS) is 12.8. The summed E-state index contributed by atoms with van der Waals surface area (Å²) in [6.45, 7) is 7.02. The number of ether oxygens (including phenoxy) is 3. The molecule has 0 saturated heterocycles. The van der Waals surface area contributed by atoms with Crippen LogP contribution < -0.4 is 10.1 Å². The monoisotopic (exact) mass is 267 g/mol. The molecule has 1 aromatic rings. The standard InChI is InChI=1S/C15H25NO3/c1-7-16-13(15(18-5)19-6)12-9-8-10(2)11(3)14(12)17-4/h8-9,13,15-16H,7H2,1-6H3. The molecule has 0 aliphatic heterocycles. The van der Waals surface area contributed by atoms with Crippen molar-refractivity contribution in [1.29, 1.82) is 0 Å². The zero-order valence-electron chi connectivity index (χ0n) is 12.7. The Morgan fingerprint density at radius 2 is 1.74 bits per heavy atom. The highest BCUT2D eigenvalue weighted by atomic mass is 16.7. The van der Waals surface area contributed by atoms with Crippen molar-refractivity contribution in [1.82, 2.24) is 5.32 Å². The molecule has 1 atom stereocenters. The fourth-order valence-electron chi connectivity index (χ4n) is 2.27. The van der Waals surface area contributed by atoms with Crippen LogP contribution in [0.1, 0.15) is 29.7 Å². The number of aryl methyl sites for hydroxylation is 1. The SMILES string of the molecule is CCNC(c1ccc(C)c(C)c1OC)C(OC)OC. The molecule has 0 radical (unpaired) electrons. The van der Waals surface area contributed by atoms with Gasteiger partial charge in [0.25, 0.3) is 0 Å². The summed E-state index contributed by atoms with van der Waals surface area (Å²) in [5.74, 6) is 0.894. The van der Waals surface area contributed by atoms with Gasteiger partial charge in [0.05, 0.1) is 13.2 Å². The molecule has 0 fully saturated rings. The van der Waals surface area contributed by atoms with Crippen molar-refractivity contribution in [2.45, 2.75) is 33.1 Å². The van der Waals surface area contributed by atoms with Gasteiger partial charge in [-0.25, -0.2) is 0 Å². The molecule has 0 spiro atoms. The quantitative estimate of drug-likeness (QED) is 0.771. The molecule has 0 bridgehead atoms.